The molecule has 0 aliphatic heterocycles. The average Bonchev–Trinajstić information content (AvgIpc) is 2.52. The summed E-state index contributed by atoms with van der Waals surface area (Å²) in [5, 5.41) is 0.286. The fourth-order valence-electron chi connectivity index (χ4n) is 1.62. The lowest BCUT2D eigenvalue weighted by molar-refractivity contribution is 0.318. The Morgan fingerprint density at radius 1 is 0.929 bits per heavy atom. The second-order valence-corrected chi connectivity index (χ2v) is 20.1. The minimum Gasteiger partial charge on any atom is -0.413 e. The molecule has 0 saturated carbocycles. The summed E-state index contributed by atoms with van der Waals surface area (Å²) >= 11 is 0. The highest BCUT2D eigenvalue weighted by atomic mass is 28.4. The monoisotopic (exact) mass is 423 g/mol. The average molecular weight is 424 g/mol. The summed E-state index contributed by atoms with van der Waals surface area (Å²) in [6, 6.07) is 0. The summed E-state index contributed by atoms with van der Waals surface area (Å²) in [7, 11) is -3.68. The van der Waals surface area contributed by atoms with E-state index in [2.05, 4.69) is 79.3 Å². The number of aliphatic imine (C=N–C) groups is 1. The maximum Gasteiger partial charge on any atom is 0.240 e. The first-order valence-electron chi connectivity index (χ1n) is 9.86. The van der Waals surface area contributed by atoms with E-state index in [0.717, 1.165) is 5.57 Å². The summed E-state index contributed by atoms with van der Waals surface area (Å²) in [6.45, 7) is 29.1. The van der Waals surface area contributed by atoms with Gasteiger partial charge >= 0.3 is 0 Å². The Morgan fingerprint density at radius 3 is 1.75 bits per heavy atom. The summed E-state index contributed by atoms with van der Waals surface area (Å²) in [4.78, 5) is 14.7. The zero-order chi connectivity index (χ0) is 22.4. The van der Waals surface area contributed by atoms with Gasteiger partial charge in [0.15, 0.2) is 16.6 Å². The highest BCUT2D eigenvalue weighted by Crippen LogP contribution is 2.37. The zero-order valence-corrected chi connectivity index (χ0v) is 21.9. The van der Waals surface area contributed by atoms with Crippen LogP contribution in [0.3, 0.4) is 0 Å². The van der Waals surface area contributed by atoms with E-state index in [1.165, 1.54) is 0 Å². The summed E-state index contributed by atoms with van der Waals surface area (Å²) in [6.07, 6.45) is 5.35. The van der Waals surface area contributed by atoms with E-state index in [1.807, 2.05) is 13.0 Å². The molecule has 0 radical (unpaired) electrons. The molecule has 0 amide bonds. The number of isocyanates is 1. The van der Waals surface area contributed by atoms with Crippen molar-refractivity contribution in [1.29, 1.82) is 0 Å². The van der Waals surface area contributed by atoms with Crippen LogP contribution in [0.25, 0.3) is 0 Å². The Labute approximate surface area is 175 Å². The van der Waals surface area contributed by atoms with Gasteiger partial charge in [0, 0.05) is 0 Å². The minimum atomic E-state index is -1.89. The molecule has 0 unspecified atom stereocenters. The van der Waals surface area contributed by atoms with Gasteiger partial charge in [0.05, 0.1) is 18.9 Å². The number of rotatable bonds is 9. The molecule has 0 saturated heterocycles. The van der Waals surface area contributed by atoms with Crippen LogP contribution < -0.4 is 0 Å². The third-order valence-electron chi connectivity index (χ3n) is 5.93. The van der Waals surface area contributed by atoms with Crippen molar-refractivity contribution in [2.24, 2.45) is 4.99 Å². The van der Waals surface area contributed by atoms with Crippen LogP contribution in [0.4, 0.5) is 0 Å². The lowest BCUT2D eigenvalue weighted by Crippen LogP contribution is -2.41. The lowest BCUT2D eigenvalue weighted by atomic mass is 10.2. The van der Waals surface area contributed by atoms with Crippen molar-refractivity contribution in [3.8, 4) is 0 Å². The molecule has 0 fully saturated rings. The minimum absolute atomic E-state index is 0.114. The molecule has 28 heavy (non-hydrogen) atoms. The van der Waals surface area contributed by atoms with Gasteiger partial charge in [0.2, 0.25) is 6.08 Å². The van der Waals surface area contributed by atoms with Crippen molar-refractivity contribution in [2.45, 2.75) is 84.7 Å². The van der Waals surface area contributed by atoms with Crippen LogP contribution in [0, 0.1) is 0 Å². The number of allylic oxidation sites excluding steroid dienone is 2. The van der Waals surface area contributed by atoms with Crippen LogP contribution in [0.5, 0.6) is 0 Å². The molecule has 0 N–H and O–H groups in total. The van der Waals surface area contributed by atoms with Crippen molar-refractivity contribution >= 4 is 22.7 Å². The smallest absolute Gasteiger partial charge is 0.240 e. The van der Waals surface area contributed by atoms with E-state index in [0.29, 0.717) is 24.5 Å². The normalized spacial score (nSPS) is 14.7. The van der Waals surface area contributed by atoms with Gasteiger partial charge in [-0.2, -0.15) is 4.99 Å². The molecule has 0 bridgehead atoms. The van der Waals surface area contributed by atoms with Crippen molar-refractivity contribution in [2.75, 3.05) is 13.2 Å². The fraction of sp³-hybridized carbons (Fsp3) is 0.682. The molecule has 0 spiro atoms. The molecule has 0 aliphatic rings. The Bertz CT molecular complexity index is 656. The molecule has 0 aromatic rings. The second kappa shape index (κ2) is 10.1. The molecule has 0 aromatic carbocycles. The summed E-state index contributed by atoms with van der Waals surface area (Å²) in [5.74, 6) is 0. The second-order valence-electron chi connectivity index (χ2n) is 10.5. The first kappa shape index (κ1) is 27.0. The van der Waals surface area contributed by atoms with Crippen molar-refractivity contribution < 1.29 is 13.6 Å². The largest absolute Gasteiger partial charge is 0.413 e. The van der Waals surface area contributed by atoms with Gasteiger partial charge in [-0.15, -0.1) is 0 Å². The van der Waals surface area contributed by atoms with Crippen LogP contribution in [0.1, 0.15) is 48.5 Å². The molecule has 0 aromatic heterocycles. The van der Waals surface area contributed by atoms with Crippen molar-refractivity contribution in [3.05, 3.63) is 35.6 Å². The highest BCUT2D eigenvalue weighted by Gasteiger charge is 2.37. The maximum atomic E-state index is 10.8. The standard InChI is InChI=1S/C22H41NO3Si2/c1-18(15-25-27(9,10)21(3,4)5)13-14-20(23-17-24)19(2)16-26-28(11,12)22(6,7)8/h13-14H,2,15-16H2,1,3-12H3/b18-13+,20-14+. The Morgan fingerprint density at radius 2 is 1.36 bits per heavy atom. The van der Waals surface area contributed by atoms with E-state index >= 15 is 0 Å². The highest BCUT2D eigenvalue weighted by molar-refractivity contribution is 6.74. The zero-order valence-electron chi connectivity index (χ0n) is 19.9. The van der Waals surface area contributed by atoms with Gasteiger partial charge < -0.3 is 8.85 Å². The number of hydrogen-bond donors (Lipinski definition) is 0. The van der Waals surface area contributed by atoms with E-state index in [9.17, 15) is 4.79 Å². The Kier molecular flexibility index (Phi) is 9.75. The first-order chi connectivity index (χ1) is 12.4. The van der Waals surface area contributed by atoms with Crippen molar-refractivity contribution in [3.63, 3.8) is 0 Å². The van der Waals surface area contributed by atoms with Gasteiger partial charge in [0.25, 0.3) is 0 Å². The number of carbonyl (C=O) groups excluding carboxylic acids is 1. The summed E-state index contributed by atoms with van der Waals surface area (Å²) in [5.41, 5.74) is 2.25. The SMILES string of the molecule is C=C(CO[Si](C)(C)C(C)(C)C)/C(=C\C=C(/C)CO[Si](C)(C)C(C)(C)C)N=C=O. The van der Waals surface area contributed by atoms with Gasteiger partial charge in [0.1, 0.15) is 0 Å². The van der Waals surface area contributed by atoms with Gasteiger partial charge in [-0.05, 0) is 60.4 Å². The van der Waals surface area contributed by atoms with E-state index in [4.69, 9.17) is 8.85 Å². The van der Waals surface area contributed by atoms with Crippen molar-refractivity contribution in [1.82, 2.24) is 0 Å². The molecule has 160 valence electrons. The predicted molar refractivity (Wildman–Crippen MR) is 125 cm³/mol. The van der Waals surface area contributed by atoms with Crippen LogP contribution in [-0.2, 0) is 13.6 Å². The van der Waals surface area contributed by atoms with Gasteiger partial charge in [-0.1, -0.05) is 54.2 Å². The third kappa shape index (κ3) is 8.54. The van der Waals surface area contributed by atoms with Gasteiger partial charge in [-0.25, -0.2) is 4.79 Å². The van der Waals surface area contributed by atoms with E-state index < -0.39 is 16.6 Å². The topological polar surface area (TPSA) is 47.9 Å². The third-order valence-corrected chi connectivity index (χ3v) is 14.9. The van der Waals surface area contributed by atoms with Crippen LogP contribution in [-0.4, -0.2) is 35.9 Å². The molecule has 0 aliphatic carbocycles. The predicted octanol–water partition coefficient (Wildman–Crippen LogP) is 6.75. The molecular formula is C22H41NO3Si2. The number of hydrogen-bond acceptors (Lipinski definition) is 4. The first-order valence-corrected chi connectivity index (χ1v) is 15.7. The Balaban J connectivity index is 5.17. The molecule has 0 atom stereocenters. The molecule has 0 heterocycles. The van der Waals surface area contributed by atoms with Gasteiger partial charge in [-0.3, -0.25) is 0 Å². The number of nitrogens with zero attached hydrogens (tertiary/aromatic N) is 1. The maximum absolute atomic E-state index is 10.8. The van der Waals surface area contributed by atoms with E-state index in [-0.39, 0.29) is 10.1 Å². The molecule has 6 heteroatoms. The quantitative estimate of drug-likeness (QED) is 0.178. The van der Waals surface area contributed by atoms with E-state index in [1.54, 1.807) is 12.2 Å². The lowest BCUT2D eigenvalue weighted by Gasteiger charge is -2.36. The molecule has 0 rings (SSSR count). The van der Waals surface area contributed by atoms with Crippen LogP contribution >= 0.6 is 0 Å². The van der Waals surface area contributed by atoms with Crippen LogP contribution in [0.15, 0.2) is 40.6 Å². The molecule has 4 nitrogen and oxygen atoms in total. The Hall–Kier alpha value is -1.05. The fourth-order valence-corrected chi connectivity index (χ4v) is 3.61. The van der Waals surface area contributed by atoms with Crippen LogP contribution in [0.2, 0.25) is 36.3 Å². The summed E-state index contributed by atoms with van der Waals surface area (Å²) < 4.78 is 12.4. The molecular weight excluding hydrogens is 382 g/mol.